The van der Waals surface area contributed by atoms with Crippen molar-refractivity contribution in [3.8, 4) is 0 Å². The standard InChI is InChI=1S/C24H33NO3/c1-19-10-11-22(20(2)13-19)14-25(16-24-9-6-12-28-24)15-23(26)18-27-17-21-7-4-3-5-8-21/h3-5,7-8,10-11,13,23-24,26H,6,9,12,14-18H2,1-2H3/t23-,24-/m0/s1. The molecule has 0 saturated carbocycles. The second-order valence-corrected chi connectivity index (χ2v) is 7.91. The summed E-state index contributed by atoms with van der Waals surface area (Å²) in [5, 5.41) is 10.6. The number of ether oxygens (including phenoxy) is 2. The van der Waals surface area contributed by atoms with Crippen LogP contribution in [0.25, 0.3) is 0 Å². The number of hydrogen-bond acceptors (Lipinski definition) is 4. The normalized spacial score (nSPS) is 17.9. The molecule has 3 rings (SSSR count). The van der Waals surface area contributed by atoms with Gasteiger partial charge in [-0.25, -0.2) is 0 Å². The summed E-state index contributed by atoms with van der Waals surface area (Å²) in [6, 6.07) is 16.7. The molecule has 28 heavy (non-hydrogen) atoms. The molecule has 1 saturated heterocycles. The molecule has 0 amide bonds. The zero-order chi connectivity index (χ0) is 19.8. The third kappa shape index (κ3) is 6.71. The summed E-state index contributed by atoms with van der Waals surface area (Å²) in [6.07, 6.45) is 1.98. The molecule has 0 aromatic heterocycles. The van der Waals surface area contributed by atoms with Crippen molar-refractivity contribution in [1.82, 2.24) is 4.90 Å². The lowest BCUT2D eigenvalue weighted by atomic mass is 10.0. The first kappa shape index (κ1) is 21.0. The molecule has 1 heterocycles. The molecule has 152 valence electrons. The molecule has 0 radical (unpaired) electrons. The lowest BCUT2D eigenvalue weighted by molar-refractivity contribution is -0.00291. The van der Waals surface area contributed by atoms with Gasteiger partial charge in [-0.05, 0) is 43.4 Å². The van der Waals surface area contributed by atoms with Gasteiger partial charge in [-0.15, -0.1) is 0 Å². The van der Waals surface area contributed by atoms with E-state index < -0.39 is 6.10 Å². The number of rotatable bonds is 10. The molecule has 2 aromatic rings. The SMILES string of the molecule is Cc1ccc(CN(C[C@H](O)COCc2ccccc2)C[C@@H]2CCCO2)c(C)c1. The average molecular weight is 384 g/mol. The summed E-state index contributed by atoms with van der Waals surface area (Å²) in [6.45, 7) is 8.25. The minimum absolute atomic E-state index is 0.267. The first-order valence-corrected chi connectivity index (χ1v) is 10.3. The van der Waals surface area contributed by atoms with Gasteiger partial charge in [0.05, 0.1) is 25.4 Å². The van der Waals surface area contributed by atoms with Crippen molar-refractivity contribution >= 4 is 0 Å². The Balaban J connectivity index is 1.54. The van der Waals surface area contributed by atoms with Gasteiger partial charge in [0.15, 0.2) is 0 Å². The quantitative estimate of drug-likeness (QED) is 0.676. The molecule has 0 unspecified atom stereocenters. The van der Waals surface area contributed by atoms with E-state index in [4.69, 9.17) is 9.47 Å². The first-order valence-electron chi connectivity index (χ1n) is 10.3. The van der Waals surface area contributed by atoms with E-state index in [9.17, 15) is 5.11 Å². The second-order valence-electron chi connectivity index (χ2n) is 7.91. The number of aliphatic hydroxyl groups excluding tert-OH is 1. The number of hydrogen-bond donors (Lipinski definition) is 1. The van der Waals surface area contributed by atoms with Gasteiger partial charge < -0.3 is 14.6 Å². The molecule has 1 fully saturated rings. The van der Waals surface area contributed by atoms with E-state index in [0.29, 0.717) is 19.8 Å². The minimum Gasteiger partial charge on any atom is -0.389 e. The third-order valence-corrected chi connectivity index (χ3v) is 5.27. The van der Waals surface area contributed by atoms with Crippen LogP contribution in [0.2, 0.25) is 0 Å². The molecule has 2 atom stereocenters. The molecule has 2 aromatic carbocycles. The Labute approximate surface area is 169 Å². The van der Waals surface area contributed by atoms with Gasteiger partial charge in [-0.2, -0.15) is 0 Å². The van der Waals surface area contributed by atoms with Crippen LogP contribution >= 0.6 is 0 Å². The van der Waals surface area contributed by atoms with Gasteiger partial charge in [0.1, 0.15) is 0 Å². The van der Waals surface area contributed by atoms with E-state index in [1.807, 2.05) is 30.3 Å². The van der Waals surface area contributed by atoms with E-state index in [-0.39, 0.29) is 6.10 Å². The van der Waals surface area contributed by atoms with Gasteiger partial charge >= 0.3 is 0 Å². The van der Waals surface area contributed by atoms with Crippen LogP contribution in [0.3, 0.4) is 0 Å². The highest BCUT2D eigenvalue weighted by Crippen LogP contribution is 2.18. The Kier molecular flexibility index (Phi) is 8.04. The fourth-order valence-corrected chi connectivity index (χ4v) is 3.78. The summed E-state index contributed by atoms with van der Waals surface area (Å²) in [5.74, 6) is 0. The monoisotopic (exact) mass is 383 g/mol. The number of nitrogens with zero attached hydrogens (tertiary/aromatic N) is 1. The molecular formula is C24H33NO3. The maximum Gasteiger partial charge on any atom is 0.0900 e. The highest BCUT2D eigenvalue weighted by Gasteiger charge is 2.21. The largest absolute Gasteiger partial charge is 0.389 e. The summed E-state index contributed by atoms with van der Waals surface area (Å²) >= 11 is 0. The van der Waals surface area contributed by atoms with Crippen molar-refractivity contribution in [2.24, 2.45) is 0 Å². The first-order chi connectivity index (χ1) is 13.6. The average Bonchev–Trinajstić information content (AvgIpc) is 3.18. The van der Waals surface area contributed by atoms with Crippen LogP contribution in [0, 0.1) is 13.8 Å². The van der Waals surface area contributed by atoms with Crippen molar-refractivity contribution < 1.29 is 14.6 Å². The number of benzene rings is 2. The lowest BCUT2D eigenvalue weighted by Crippen LogP contribution is -2.39. The molecular weight excluding hydrogens is 350 g/mol. The van der Waals surface area contributed by atoms with Crippen LogP contribution in [0.4, 0.5) is 0 Å². The zero-order valence-electron chi connectivity index (χ0n) is 17.1. The molecule has 0 bridgehead atoms. The molecule has 1 N–H and O–H groups in total. The number of aryl methyl sites for hydroxylation is 2. The van der Waals surface area contributed by atoms with Crippen LogP contribution in [0.1, 0.15) is 35.1 Å². The summed E-state index contributed by atoms with van der Waals surface area (Å²) in [4.78, 5) is 2.31. The van der Waals surface area contributed by atoms with Gasteiger partial charge in [0.25, 0.3) is 0 Å². The van der Waals surface area contributed by atoms with Crippen molar-refractivity contribution in [3.05, 3.63) is 70.8 Å². The van der Waals surface area contributed by atoms with E-state index in [1.165, 1.54) is 16.7 Å². The molecule has 4 heteroatoms. The lowest BCUT2D eigenvalue weighted by Gasteiger charge is -2.28. The van der Waals surface area contributed by atoms with E-state index in [2.05, 4.69) is 36.9 Å². The van der Waals surface area contributed by atoms with Crippen molar-refractivity contribution in [1.29, 1.82) is 0 Å². The summed E-state index contributed by atoms with van der Waals surface area (Å²) in [5.41, 5.74) is 5.01. The highest BCUT2D eigenvalue weighted by atomic mass is 16.5. The Bertz CT molecular complexity index is 713. The van der Waals surface area contributed by atoms with Crippen molar-refractivity contribution in [2.45, 2.75) is 52.0 Å². The third-order valence-electron chi connectivity index (χ3n) is 5.27. The number of aliphatic hydroxyl groups is 1. The van der Waals surface area contributed by atoms with Gasteiger partial charge in [-0.3, -0.25) is 4.90 Å². The highest BCUT2D eigenvalue weighted by molar-refractivity contribution is 5.30. The molecule has 0 spiro atoms. The topological polar surface area (TPSA) is 41.9 Å². The predicted molar refractivity (Wildman–Crippen MR) is 112 cm³/mol. The summed E-state index contributed by atoms with van der Waals surface area (Å²) < 4.78 is 11.6. The maximum atomic E-state index is 10.6. The van der Waals surface area contributed by atoms with E-state index in [1.54, 1.807) is 0 Å². The van der Waals surface area contributed by atoms with Gasteiger partial charge in [0.2, 0.25) is 0 Å². The Morgan fingerprint density at radius 3 is 2.71 bits per heavy atom. The van der Waals surface area contributed by atoms with Crippen molar-refractivity contribution in [3.63, 3.8) is 0 Å². The van der Waals surface area contributed by atoms with Crippen LogP contribution in [-0.2, 0) is 22.6 Å². The Hall–Kier alpha value is -1.72. The second kappa shape index (κ2) is 10.7. The van der Waals surface area contributed by atoms with Crippen LogP contribution in [0.5, 0.6) is 0 Å². The van der Waals surface area contributed by atoms with E-state index in [0.717, 1.165) is 38.1 Å². The van der Waals surface area contributed by atoms with Crippen molar-refractivity contribution in [2.75, 3.05) is 26.3 Å². The fraction of sp³-hybridized carbons (Fsp3) is 0.500. The predicted octanol–water partition coefficient (Wildman–Crippen LogP) is 3.86. The van der Waals surface area contributed by atoms with Crippen LogP contribution < -0.4 is 0 Å². The fourth-order valence-electron chi connectivity index (χ4n) is 3.78. The van der Waals surface area contributed by atoms with Gasteiger partial charge in [0, 0.05) is 26.2 Å². The van der Waals surface area contributed by atoms with E-state index >= 15 is 0 Å². The molecule has 1 aliphatic heterocycles. The molecule has 0 aliphatic carbocycles. The smallest absolute Gasteiger partial charge is 0.0900 e. The summed E-state index contributed by atoms with van der Waals surface area (Å²) in [7, 11) is 0. The Morgan fingerprint density at radius 2 is 2.00 bits per heavy atom. The minimum atomic E-state index is -0.518. The molecule has 4 nitrogen and oxygen atoms in total. The maximum absolute atomic E-state index is 10.6. The van der Waals surface area contributed by atoms with Crippen LogP contribution in [-0.4, -0.2) is 48.5 Å². The molecule has 1 aliphatic rings. The van der Waals surface area contributed by atoms with Gasteiger partial charge in [-0.1, -0.05) is 54.1 Å². The zero-order valence-corrected chi connectivity index (χ0v) is 17.1. The van der Waals surface area contributed by atoms with Crippen LogP contribution in [0.15, 0.2) is 48.5 Å². The Morgan fingerprint density at radius 1 is 1.18 bits per heavy atom.